The molecule has 0 unspecified atom stereocenters. The fourth-order valence-corrected chi connectivity index (χ4v) is 3.17. The molecule has 1 aromatic heterocycles. The molecule has 0 radical (unpaired) electrons. The van der Waals surface area contributed by atoms with Crippen LogP contribution in [0.25, 0.3) is 16.7 Å². The molecule has 1 heterocycles. The molecule has 2 aromatic carbocycles. The first-order chi connectivity index (χ1) is 12.7. The van der Waals surface area contributed by atoms with Gasteiger partial charge in [0.05, 0.1) is 11.0 Å². The second kappa shape index (κ2) is 8.65. The second-order valence-corrected chi connectivity index (χ2v) is 6.83. The van der Waals surface area contributed by atoms with Crippen molar-refractivity contribution in [2.24, 2.45) is 0 Å². The number of aromatic nitrogens is 2. The summed E-state index contributed by atoms with van der Waals surface area (Å²) in [5.74, 6) is -0.0208. The zero-order valence-corrected chi connectivity index (χ0v) is 15.7. The van der Waals surface area contributed by atoms with E-state index < -0.39 is 0 Å². The van der Waals surface area contributed by atoms with Gasteiger partial charge in [0.1, 0.15) is 6.33 Å². The number of rotatable bonds is 8. The van der Waals surface area contributed by atoms with Crippen LogP contribution >= 0.6 is 0 Å². The average molecular weight is 349 g/mol. The minimum absolute atomic E-state index is 0.0208. The zero-order valence-electron chi connectivity index (χ0n) is 15.7. The minimum Gasteiger partial charge on any atom is -0.352 e. The fraction of sp³-hybridized carbons (Fsp3) is 0.364. The average Bonchev–Trinajstić information content (AvgIpc) is 3.07. The molecule has 4 nitrogen and oxygen atoms in total. The van der Waals surface area contributed by atoms with Gasteiger partial charge < -0.3 is 5.32 Å². The molecular weight excluding hydrogens is 322 g/mol. The van der Waals surface area contributed by atoms with E-state index in [4.69, 9.17) is 0 Å². The van der Waals surface area contributed by atoms with E-state index in [0.29, 0.717) is 5.56 Å². The molecule has 0 aliphatic heterocycles. The van der Waals surface area contributed by atoms with Crippen molar-refractivity contribution in [1.82, 2.24) is 14.9 Å². The Morgan fingerprint density at radius 3 is 2.73 bits per heavy atom. The number of unbranched alkanes of at least 4 members (excludes halogenated alkanes) is 4. The smallest absolute Gasteiger partial charge is 0.251 e. The fourth-order valence-electron chi connectivity index (χ4n) is 3.17. The Kier molecular flexibility index (Phi) is 6.05. The lowest BCUT2D eigenvalue weighted by atomic mass is 10.1. The molecule has 0 bridgehead atoms. The van der Waals surface area contributed by atoms with Crippen molar-refractivity contribution in [1.29, 1.82) is 0 Å². The SMILES string of the molecule is CCCCCCCNC(=O)c1ccc2c(c1)ncn2-c1cccc(C)c1. The van der Waals surface area contributed by atoms with Crippen molar-refractivity contribution in [3.05, 3.63) is 59.9 Å². The van der Waals surface area contributed by atoms with Crippen LogP contribution in [0.15, 0.2) is 48.8 Å². The molecule has 0 aliphatic rings. The highest BCUT2D eigenvalue weighted by atomic mass is 16.1. The van der Waals surface area contributed by atoms with Crippen molar-refractivity contribution in [3.8, 4) is 5.69 Å². The van der Waals surface area contributed by atoms with Crippen LogP contribution in [0.1, 0.15) is 54.9 Å². The monoisotopic (exact) mass is 349 g/mol. The van der Waals surface area contributed by atoms with Crippen LogP contribution in [0, 0.1) is 6.92 Å². The molecule has 1 N–H and O–H groups in total. The Morgan fingerprint density at radius 1 is 1.08 bits per heavy atom. The third kappa shape index (κ3) is 4.31. The number of carbonyl (C=O) groups is 1. The summed E-state index contributed by atoms with van der Waals surface area (Å²) in [6, 6.07) is 14.0. The highest BCUT2D eigenvalue weighted by molar-refractivity contribution is 5.97. The number of benzene rings is 2. The number of carbonyl (C=O) groups excluding carboxylic acids is 1. The molecule has 26 heavy (non-hydrogen) atoms. The largest absolute Gasteiger partial charge is 0.352 e. The molecule has 3 rings (SSSR count). The highest BCUT2D eigenvalue weighted by Gasteiger charge is 2.10. The molecule has 0 aliphatic carbocycles. The normalized spacial score (nSPS) is 11.0. The predicted molar refractivity (Wildman–Crippen MR) is 107 cm³/mol. The molecule has 3 aromatic rings. The van der Waals surface area contributed by atoms with Gasteiger partial charge >= 0.3 is 0 Å². The van der Waals surface area contributed by atoms with Crippen LogP contribution in [0.4, 0.5) is 0 Å². The molecular formula is C22H27N3O. The van der Waals surface area contributed by atoms with Crippen molar-refractivity contribution < 1.29 is 4.79 Å². The summed E-state index contributed by atoms with van der Waals surface area (Å²) in [6.45, 7) is 5.02. The summed E-state index contributed by atoms with van der Waals surface area (Å²) in [5.41, 5.74) is 4.80. The van der Waals surface area contributed by atoms with E-state index in [2.05, 4.69) is 46.9 Å². The van der Waals surface area contributed by atoms with Crippen LogP contribution in [-0.2, 0) is 0 Å². The van der Waals surface area contributed by atoms with E-state index in [1.165, 1.54) is 31.2 Å². The van der Waals surface area contributed by atoms with E-state index in [0.717, 1.165) is 29.7 Å². The number of hydrogen-bond donors (Lipinski definition) is 1. The lowest BCUT2D eigenvalue weighted by Gasteiger charge is -2.07. The number of amides is 1. The maximum Gasteiger partial charge on any atom is 0.251 e. The number of imidazole rings is 1. The summed E-state index contributed by atoms with van der Waals surface area (Å²) in [6.07, 6.45) is 7.78. The van der Waals surface area contributed by atoms with Gasteiger partial charge in [0.2, 0.25) is 0 Å². The lowest BCUT2D eigenvalue weighted by molar-refractivity contribution is 0.0953. The van der Waals surface area contributed by atoms with E-state index in [1.54, 1.807) is 0 Å². The maximum absolute atomic E-state index is 12.4. The Bertz CT molecular complexity index is 882. The van der Waals surface area contributed by atoms with Gasteiger partial charge in [0, 0.05) is 17.8 Å². The minimum atomic E-state index is -0.0208. The predicted octanol–water partition coefficient (Wildman–Crippen LogP) is 5.03. The van der Waals surface area contributed by atoms with Crippen LogP contribution in [0.5, 0.6) is 0 Å². The lowest BCUT2D eigenvalue weighted by Crippen LogP contribution is -2.24. The molecule has 0 fully saturated rings. The Morgan fingerprint density at radius 2 is 1.92 bits per heavy atom. The van der Waals surface area contributed by atoms with Crippen molar-refractivity contribution in [2.45, 2.75) is 46.0 Å². The van der Waals surface area contributed by atoms with Crippen molar-refractivity contribution in [3.63, 3.8) is 0 Å². The number of nitrogens with one attached hydrogen (secondary N) is 1. The second-order valence-electron chi connectivity index (χ2n) is 6.83. The highest BCUT2D eigenvalue weighted by Crippen LogP contribution is 2.20. The van der Waals surface area contributed by atoms with Gasteiger partial charge in [-0.3, -0.25) is 9.36 Å². The first-order valence-electron chi connectivity index (χ1n) is 9.51. The standard InChI is InChI=1S/C22H27N3O/c1-3-4-5-6-7-13-23-22(26)18-11-12-21-20(15-18)24-16-25(21)19-10-8-9-17(2)14-19/h8-12,14-16H,3-7,13H2,1-2H3,(H,23,26). The summed E-state index contributed by atoms with van der Waals surface area (Å²) < 4.78 is 2.05. The summed E-state index contributed by atoms with van der Waals surface area (Å²) in [5, 5.41) is 3.01. The summed E-state index contributed by atoms with van der Waals surface area (Å²) in [7, 11) is 0. The molecule has 0 saturated carbocycles. The third-order valence-corrected chi connectivity index (χ3v) is 4.66. The number of aryl methyl sites for hydroxylation is 1. The number of fused-ring (bicyclic) bond motifs is 1. The topological polar surface area (TPSA) is 46.9 Å². The third-order valence-electron chi connectivity index (χ3n) is 4.66. The van der Waals surface area contributed by atoms with Gasteiger partial charge in [0.25, 0.3) is 5.91 Å². The van der Waals surface area contributed by atoms with Gasteiger partial charge in [-0.2, -0.15) is 0 Å². The van der Waals surface area contributed by atoms with Crippen molar-refractivity contribution in [2.75, 3.05) is 6.54 Å². The first kappa shape index (κ1) is 18.2. The quantitative estimate of drug-likeness (QED) is 0.580. The van der Waals surface area contributed by atoms with E-state index in [1.807, 2.05) is 30.6 Å². The van der Waals surface area contributed by atoms with Crippen LogP contribution in [0.3, 0.4) is 0 Å². The van der Waals surface area contributed by atoms with Crippen molar-refractivity contribution >= 4 is 16.9 Å². The molecule has 0 saturated heterocycles. The van der Waals surface area contributed by atoms with E-state index >= 15 is 0 Å². The van der Waals surface area contributed by atoms with Gasteiger partial charge in [-0.05, 0) is 49.2 Å². The maximum atomic E-state index is 12.4. The van der Waals surface area contributed by atoms with E-state index in [9.17, 15) is 4.79 Å². The Labute approximate surface area is 155 Å². The Hall–Kier alpha value is -2.62. The van der Waals surface area contributed by atoms with Gasteiger partial charge in [-0.1, -0.05) is 44.7 Å². The van der Waals surface area contributed by atoms with Crippen LogP contribution < -0.4 is 5.32 Å². The molecule has 0 spiro atoms. The van der Waals surface area contributed by atoms with E-state index in [-0.39, 0.29) is 5.91 Å². The zero-order chi connectivity index (χ0) is 18.4. The molecule has 136 valence electrons. The molecule has 1 amide bonds. The summed E-state index contributed by atoms with van der Waals surface area (Å²) >= 11 is 0. The number of hydrogen-bond acceptors (Lipinski definition) is 2. The van der Waals surface area contributed by atoms with Gasteiger partial charge in [0.15, 0.2) is 0 Å². The first-order valence-corrected chi connectivity index (χ1v) is 9.51. The molecule has 4 heteroatoms. The van der Waals surface area contributed by atoms with Crippen LogP contribution in [0.2, 0.25) is 0 Å². The number of nitrogens with zero attached hydrogens (tertiary/aromatic N) is 2. The summed E-state index contributed by atoms with van der Waals surface area (Å²) in [4.78, 5) is 16.8. The Balaban J connectivity index is 1.67. The van der Waals surface area contributed by atoms with Gasteiger partial charge in [-0.15, -0.1) is 0 Å². The van der Waals surface area contributed by atoms with Crippen LogP contribution in [-0.4, -0.2) is 22.0 Å². The molecule has 0 atom stereocenters. The van der Waals surface area contributed by atoms with Gasteiger partial charge in [-0.25, -0.2) is 4.98 Å².